The quantitative estimate of drug-likeness (QED) is 0.422. The zero-order chi connectivity index (χ0) is 25.2. The van der Waals surface area contributed by atoms with Crippen LogP contribution in [0.3, 0.4) is 0 Å². The number of benzene rings is 2. The molecule has 2 N–H and O–H groups in total. The molecule has 190 valence electrons. The van der Waals surface area contributed by atoms with E-state index in [1.807, 2.05) is 13.0 Å². The maximum atomic E-state index is 12.2. The zero-order valence-corrected chi connectivity index (χ0v) is 21.7. The summed E-state index contributed by atoms with van der Waals surface area (Å²) in [6.07, 6.45) is 5.83. The highest BCUT2D eigenvalue weighted by Gasteiger charge is 2.51. The molecule has 35 heavy (non-hydrogen) atoms. The van der Waals surface area contributed by atoms with Crippen molar-refractivity contribution < 1.29 is 24.1 Å². The van der Waals surface area contributed by atoms with Crippen molar-refractivity contribution in [2.75, 3.05) is 19.0 Å². The number of rotatable bonds is 10. The van der Waals surface area contributed by atoms with Gasteiger partial charge in [0.25, 0.3) is 0 Å². The predicted octanol–water partition coefficient (Wildman–Crippen LogP) is 6.18. The number of carbonyl (C=O) groups is 1. The van der Waals surface area contributed by atoms with Crippen LogP contribution in [0.15, 0.2) is 24.3 Å². The number of nitrogens with one attached hydrogen (secondary N) is 1. The molecule has 4 rings (SSSR count). The van der Waals surface area contributed by atoms with Gasteiger partial charge in [-0.2, -0.15) is 0 Å². The van der Waals surface area contributed by atoms with Crippen LogP contribution in [0.2, 0.25) is 0 Å². The lowest BCUT2D eigenvalue weighted by Crippen LogP contribution is -2.59. The Balaban J connectivity index is 1.68. The molecule has 0 saturated heterocycles. The van der Waals surface area contributed by atoms with Crippen molar-refractivity contribution in [3.63, 3.8) is 0 Å². The van der Waals surface area contributed by atoms with Gasteiger partial charge in [0.2, 0.25) is 0 Å². The van der Waals surface area contributed by atoms with Gasteiger partial charge in [-0.05, 0) is 86.1 Å². The highest BCUT2D eigenvalue weighted by Crippen LogP contribution is 2.41. The second-order valence-corrected chi connectivity index (χ2v) is 10.1. The number of aliphatic carboxylic acids is 1. The number of methoxy groups -OCH3 is 1. The number of hydrogen-bond donors (Lipinski definition) is 2. The summed E-state index contributed by atoms with van der Waals surface area (Å²) in [6, 6.07) is 8.34. The number of ether oxygens (including phenoxy) is 3. The van der Waals surface area contributed by atoms with Gasteiger partial charge in [0, 0.05) is 25.1 Å². The van der Waals surface area contributed by atoms with E-state index >= 15 is 0 Å². The fraction of sp³-hybridized carbons (Fsp3) is 0.552. The van der Waals surface area contributed by atoms with E-state index in [4.69, 9.17) is 14.2 Å². The second kappa shape index (κ2) is 10.6. The Hall–Kier alpha value is -2.57. The lowest BCUT2D eigenvalue weighted by Gasteiger charge is -2.45. The Morgan fingerprint density at radius 2 is 1.74 bits per heavy atom. The fourth-order valence-electron chi connectivity index (χ4n) is 5.60. The van der Waals surface area contributed by atoms with Crippen LogP contribution in [0.4, 0.5) is 5.69 Å². The van der Waals surface area contributed by atoms with Gasteiger partial charge in [-0.1, -0.05) is 25.0 Å². The molecule has 6 heteroatoms. The van der Waals surface area contributed by atoms with Gasteiger partial charge in [-0.25, -0.2) is 4.79 Å². The number of carboxylic acids is 1. The molecule has 0 unspecified atom stereocenters. The third-order valence-electron chi connectivity index (χ3n) is 7.76. The summed E-state index contributed by atoms with van der Waals surface area (Å²) in [5, 5.41) is 13.3. The van der Waals surface area contributed by atoms with Crippen molar-refractivity contribution in [2.45, 2.75) is 90.6 Å². The molecule has 2 fully saturated rings. The number of hydrogen-bond acceptors (Lipinski definition) is 5. The van der Waals surface area contributed by atoms with Crippen LogP contribution in [0, 0.1) is 20.8 Å². The lowest BCUT2D eigenvalue weighted by atomic mass is 9.74. The molecule has 2 saturated carbocycles. The smallest absolute Gasteiger partial charge is 0.329 e. The highest BCUT2D eigenvalue weighted by atomic mass is 16.5. The van der Waals surface area contributed by atoms with Gasteiger partial charge < -0.3 is 24.6 Å². The van der Waals surface area contributed by atoms with Crippen LogP contribution in [0.1, 0.15) is 67.7 Å². The predicted molar refractivity (Wildman–Crippen MR) is 138 cm³/mol. The van der Waals surface area contributed by atoms with E-state index in [9.17, 15) is 9.90 Å². The fourth-order valence-corrected chi connectivity index (χ4v) is 5.60. The van der Waals surface area contributed by atoms with Crippen molar-refractivity contribution in [3.8, 4) is 16.9 Å². The Kier molecular flexibility index (Phi) is 7.72. The van der Waals surface area contributed by atoms with E-state index in [2.05, 4.69) is 44.3 Å². The molecule has 0 amide bonds. The third-order valence-corrected chi connectivity index (χ3v) is 7.76. The first-order valence-corrected chi connectivity index (χ1v) is 12.8. The van der Waals surface area contributed by atoms with Crippen molar-refractivity contribution in [1.82, 2.24) is 0 Å². The molecule has 0 aliphatic heterocycles. The minimum Gasteiger partial charge on any atom is -0.496 e. The molecule has 0 radical (unpaired) electrons. The van der Waals surface area contributed by atoms with Gasteiger partial charge >= 0.3 is 5.97 Å². The van der Waals surface area contributed by atoms with Crippen LogP contribution >= 0.6 is 0 Å². The molecule has 0 heterocycles. The van der Waals surface area contributed by atoms with Crippen molar-refractivity contribution in [3.05, 3.63) is 46.5 Å². The molecule has 2 aromatic carbocycles. The number of carboxylic acid groups (broad SMARTS) is 1. The second-order valence-electron chi connectivity index (χ2n) is 10.1. The van der Waals surface area contributed by atoms with Gasteiger partial charge in [-0.3, -0.25) is 0 Å². The van der Waals surface area contributed by atoms with E-state index in [0.29, 0.717) is 32.2 Å². The van der Waals surface area contributed by atoms with Crippen LogP contribution in [0.25, 0.3) is 11.1 Å². The van der Waals surface area contributed by atoms with Crippen molar-refractivity contribution >= 4 is 11.7 Å². The molecule has 2 aromatic rings. The van der Waals surface area contributed by atoms with E-state index < -0.39 is 11.5 Å². The summed E-state index contributed by atoms with van der Waals surface area (Å²) in [5.74, 6) is 0.0714. The zero-order valence-electron chi connectivity index (χ0n) is 21.7. The maximum Gasteiger partial charge on any atom is 0.329 e. The monoisotopic (exact) mass is 481 g/mol. The summed E-state index contributed by atoms with van der Waals surface area (Å²) in [7, 11) is 1.72. The summed E-state index contributed by atoms with van der Waals surface area (Å²) >= 11 is 0. The molecule has 6 nitrogen and oxygen atoms in total. The van der Waals surface area contributed by atoms with Gasteiger partial charge in [0.15, 0.2) is 0 Å². The van der Waals surface area contributed by atoms with E-state index in [1.54, 1.807) is 7.11 Å². The Labute approximate surface area is 209 Å². The van der Waals surface area contributed by atoms with Crippen LogP contribution in [-0.4, -0.2) is 42.5 Å². The highest BCUT2D eigenvalue weighted by molar-refractivity contribution is 5.85. The third kappa shape index (κ3) is 5.19. The number of aryl methyl sites for hydroxylation is 1. The molecule has 2 aliphatic rings. The van der Waals surface area contributed by atoms with Crippen molar-refractivity contribution in [2.24, 2.45) is 0 Å². The SMILES string of the molecule is CCOC1CC(Nc2ccc(-c3cc(C)c(C)c(OC)c3C)c(COC3CCCC3)c2)(C(=O)O)C1. The largest absolute Gasteiger partial charge is 0.496 e. The Morgan fingerprint density at radius 3 is 2.37 bits per heavy atom. The summed E-state index contributed by atoms with van der Waals surface area (Å²) in [6.45, 7) is 9.31. The molecule has 0 bridgehead atoms. The van der Waals surface area contributed by atoms with Crippen molar-refractivity contribution in [1.29, 1.82) is 0 Å². The minimum absolute atomic E-state index is 0.0151. The molecular weight excluding hydrogens is 442 g/mol. The van der Waals surface area contributed by atoms with Gasteiger partial charge in [0.1, 0.15) is 11.3 Å². The average Bonchev–Trinajstić information content (AvgIpc) is 3.33. The average molecular weight is 482 g/mol. The molecule has 2 aliphatic carbocycles. The molecule has 0 aromatic heterocycles. The first kappa shape index (κ1) is 25.5. The molecular formula is C29H39NO5. The van der Waals surface area contributed by atoms with Crippen LogP contribution in [-0.2, 0) is 20.9 Å². The van der Waals surface area contributed by atoms with Crippen LogP contribution < -0.4 is 10.1 Å². The normalized spacial score (nSPS) is 22.1. The summed E-state index contributed by atoms with van der Waals surface area (Å²) in [4.78, 5) is 12.2. The molecule has 0 spiro atoms. The van der Waals surface area contributed by atoms with E-state index in [-0.39, 0.29) is 6.10 Å². The lowest BCUT2D eigenvalue weighted by molar-refractivity contribution is -0.152. The Morgan fingerprint density at radius 1 is 1.03 bits per heavy atom. The topological polar surface area (TPSA) is 77.0 Å². The first-order valence-electron chi connectivity index (χ1n) is 12.8. The number of anilines is 1. The minimum atomic E-state index is -0.996. The van der Waals surface area contributed by atoms with E-state index in [0.717, 1.165) is 52.1 Å². The van der Waals surface area contributed by atoms with E-state index in [1.165, 1.54) is 18.4 Å². The standard InChI is InChI=1S/C29H39NO5/c1-6-34-24-15-29(16-24,28(31)32)30-22-11-12-25(21(14-22)17-35-23-9-7-8-10-23)26-13-18(2)19(3)27(33-5)20(26)4/h11-14,23-24,30H,6-10,15-17H2,1-5H3,(H,31,32). The summed E-state index contributed by atoms with van der Waals surface area (Å²) < 4.78 is 17.7. The first-order chi connectivity index (χ1) is 16.8. The Bertz CT molecular complexity index is 1070. The van der Waals surface area contributed by atoms with Gasteiger partial charge in [0.05, 0.1) is 25.9 Å². The van der Waals surface area contributed by atoms with Crippen LogP contribution in [0.5, 0.6) is 5.75 Å². The molecule has 0 atom stereocenters. The van der Waals surface area contributed by atoms with Gasteiger partial charge in [-0.15, -0.1) is 0 Å². The maximum absolute atomic E-state index is 12.2. The summed E-state index contributed by atoms with van der Waals surface area (Å²) in [5.41, 5.74) is 6.48.